The van der Waals surface area contributed by atoms with E-state index >= 15 is 0 Å². The summed E-state index contributed by atoms with van der Waals surface area (Å²) in [6.45, 7) is 7.31. The molecule has 0 aliphatic rings. The Morgan fingerprint density at radius 1 is 1.04 bits per heavy atom. The fourth-order valence-electron chi connectivity index (χ4n) is 2.98. The number of nitrogens with zero attached hydrogens (tertiary/aromatic N) is 1. The summed E-state index contributed by atoms with van der Waals surface area (Å²) in [4.78, 5) is 12.8. The minimum absolute atomic E-state index is 0.276. The Labute approximate surface area is 167 Å². The Kier molecular flexibility index (Phi) is 6.72. The molecule has 0 saturated heterocycles. The third kappa shape index (κ3) is 5.04. The molecule has 0 saturated carbocycles. The minimum atomic E-state index is -3.65. The first-order chi connectivity index (χ1) is 13.0. The highest BCUT2D eigenvalue weighted by atomic mass is 32.2. The third-order valence-electron chi connectivity index (χ3n) is 4.81. The summed E-state index contributed by atoms with van der Waals surface area (Å²) in [6, 6.07) is 11.6. The minimum Gasteiger partial charge on any atom is -0.497 e. The fraction of sp³-hybridized carbons (Fsp3) is 0.381. The van der Waals surface area contributed by atoms with Crippen LogP contribution in [0.2, 0.25) is 0 Å². The van der Waals surface area contributed by atoms with Crippen LogP contribution in [0.4, 0.5) is 5.69 Å². The molecule has 2 rings (SSSR count). The molecule has 0 radical (unpaired) electrons. The molecule has 2 aromatic carbocycles. The van der Waals surface area contributed by atoms with Gasteiger partial charge < -0.3 is 10.1 Å². The van der Waals surface area contributed by atoms with E-state index in [9.17, 15) is 13.2 Å². The molecule has 2 atom stereocenters. The lowest BCUT2D eigenvalue weighted by molar-refractivity contribution is -0.122. The normalized spacial score (nSPS) is 13.5. The van der Waals surface area contributed by atoms with E-state index in [2.05, 4.69) is 5.32 Å². The molecule has 7 heteroatoms. The maximum absolute atomic E-state index is 12.8. The summed E-state index contributed by atoms with van der Waals surface area (Å²) in [6.07, 6.45) is 1.11. The number of aryl methyl sites for hydroxylation is 2. The van der Waals surface area contributed by atoms with Gasteiger partial charge in [0.2, 0.25) is 15.9 Å². The van der Waals surface area contributed by atoms with E-state index < -0.39 is 16.1 Å². The van der Waals surface area contributed by atoms with Gasteiger partial charge in [-0.3, -0.25) is 9.10 Å². The van der Waals surface area contributed by atoms with Crippen LogP contribution in [0.15, 0.2) is 42.5 Å². The second-order valence-corrected chi connectivity index (χ2v) is 8.87. The van der Waals surface area contributed by atoms with E-state index in [1.54, 1.807) is 26.2 Å². The largest absolute Gasteiger partial charge is 0.497 e. The zero-order chi connectivity index (χ0) is 21.1. The van der Waals surface area contributed by atoms with Crippen LogP contribution in [-0.2, 0) is 14.8 Å². The molecule has 0 aliphatic heterocycles. The standard InChI is InChI=1S/C21H28N2O4S/c1-14-7-10-19(13-15(14)2)23(28(6,25)26)17(4)21(24)22-16(3)18-8-11-20(27-5)12-9-18/h7-13,16-17H,1-6H3,(H,22,24). The van der Waals surface area contributed by atoms with Crippen molar-refractivity contribution in [3.05, 3.63) is 59.2 Å². The SMILES string of the molecule is COc1ccc(C(C)NC(=O)C(C)N(c2ccc(C)c(C)c2)S(C)(=O)=O)cc1. The Bertz CT molecular complexity index is 939. The lowest BCUT2D eigenvalue weighted by Crippen LogP contribution is -2.48. The summed E-state index contributed by atoms with van der Waals surface area (Å²) < 4.78 is 31.2. The summed E-state index contributed by atoms with van der Waals surface area (Å²) in [7, 11) is -2.05. The zero-order valence-corrected chi connectivity index (χ0v) is 18.0. The molecular weight excluding hydrogens is 376 g/mol. The zero-order valence-electron chi connectivity index (χ0n) is 17.2. The quantitative estimate of drug-likeness (QED) is 0.768. The van der Waals surface area contributed by atoms with Crippen LogP contribution in [0.3, 0.4) is 0 Å². The van der Waals surface area contributed by atoms with Gasteiger partial charge in [-0.15, -0.1) is 0 Å². The van der Waals surface area contributed by atoms with E-state index in [4.69, 9.17) is 4.74 Å². The van der Waals surface area contributed by atoms with Gasteiger partial charge in [0, 0.05) is 0 Å². The van der Waals surface area contributed by atoms with Crippen molar-refractivity contribution in [1.82, 2.24) is 5.32 Å². The summed E-state index contributed by atoms with van der Waals surface area (Å²) in [5, 5.41) is 2.90. The molecule has 152 valence electrons. The molecule has 0 aliphatic carbocycles. The van der Waals surface area contributed by atoms with Crippen molar-refractivity contribution in [2.75, 3.05) is 17.7 Å². The molecular formula is C21H28N2O4S. The van der Waals surface area contributed by atoms with Crippen molar-refractivity contribution in [2.24, 2.45) is 0 Å². The molecule has 0 bridgehead atoms. The van der Waals surface area contributed by atoms with E-state index in [0.717, 1.165) is 33.0 Å². The number of sulfonamides is 1. The predicted molar refractivity (Wildman–Crippen MR) is 112 cm³/mol. The Hall–Kier alpha value is -2.54. The van der Waals surface area contributed by atoms with Crippen LogP contribution in [0.25, 0.3) is 0 Å². The monoisotopic (exact) mass is 404 g/mol. The van der Waals surface area contributed by atoms with E-state index in [0.29, 0.717) is 5.69 Å². The van der Waals surface area contributed by atoms with Crippen molar-refractivity contribution < 1.29 is 17.9 Å². The fourth-order valence-corrected chi connectivity index (χ4v) is 4.15. The number of nitrogens with one attached hydrogen (secondary N) is 1. The van der Waals surface area contributed by atoms with Crippen molar-refractivity contribution in [2.45, 2.75) is 39.8 Å². The Morgan fingerprint density at radius 3 is 2.14 bits per heavy atom. The van der Waals surface area contributed by atoms with Gasteiger partial charge in [-0.1, -0.05) is 18.2 Å². The maximum atomic E-state index is 12.8. The molecule has 1 amide bonds. The number of benzene rings is 2. The van der Waals surface area contributed by atoms with Crippen LogP contribution in [0, 0.1) is 13.8 Å². The van der Waals surface area contributed by atoms with Crippen LogP contribution in [0.5, 0.6) is 5.75 Å². The molecule has 0 fully saturated rings. The summed E-state index contributed by atoms with van der Waals surface area (Å²) in [5.74, 6) is 0.362. The highest BCUT2D eigenvalue weighted by Crippen LogP contribution is 2.24. The van der Waals surface area contributed by atoms with Crippen molar-refractivity contribution >= 4 is 21.6 Å². The lowest BCUT2D eigenvalue weighted by atomic mass is 10.1. The van der Waals surface area contributed by atoms with Crippen LogP contribution < -0.4 is 14.4 Å². The number of ether oxygens (including phenoxy) is 1. The molecule has 0 heterocycles. The van der Waals surface area contributed by atoms with Crippen LogP contribution in [0.1, 0.15) is 36.6 Å². The first-order valence-electron chi connectivity index (χ1n) is 9.05. The maximum Gasteiger partial charge on any atom is 0.244 e. The van der Waals surface area contributed by atoms with E-state index in [1.807, 2.05) is 51.1 Å². The smallest absolute Gasteiger partial charge is 0.244 e. The van der Waals surface area contributed by atoms with Crippen LogP contribution >= 0.6 is 0 Å². The topological polar surface area (TPSA) is 75.7 Å². The predicted octanol–water partition coefficient (Wildman–Crippen LogP) is 3.34. The summed E-state index contributed by atoms with van der Waals surface area (Å²) in [5.41, 5.74) is 3.40. The van der Waals surface area contributed by atoms with Gasteiger partial charge >= 0.3 is 0 Å². The van der Waals surface area contributed by atoms with Gasteiger partial charge in [-0.05, 0) is 68.7 Å². The molecule has 1 N–H and O–H groups in total. The number of hydrogen-bond donors (Lipinski definition) is 1. The van der Waals surface area contributed by atoms with E-state index in [1.165, 1.54) is 0 Å². The second kappa shape index (κ2) is 8.65. The number of amides is 1. The van der Waals surface area contributed by atoms with Gasteiger partial charge in [-0.25, -0.2) is 8.42 Å². The lowest BCUT2D eigenvalue weighted by Gasteiger charge is -2.29. The molecule has 0 spiro atoms. The van der Waals surface area contributed by atoms with Gasteiger partial charge in [0.05, 0.1) is 25.1 Å². The van der Waals surface area contributed by atoms with Gasteiger partial charge in [0.1, 0.15) is 11.8 Å². The highest BCUT2D eigenvalue weighted by Gasteiger charge is 2.30. The highest BCUT2D eigenvalue weighted by molar-refractivity contribution is 7.92. The van der Waals surface area contributed by atoms with Crippen LogP contribution in [-0.4, -0.2) is 33.7 Å². The number of carbonyl (C=O) groups is 1. The van der Waals surface area contributed by atoms with Crippen molar-refractivity contribution in [3.8, 4) is 5.75 Å². The average molecular weight is 405 g/mol. The second-order valence-electron chi connectivity index (χ2n) is 7.01. The number of carbonyl (C=O) groups excluding carboxylic acids is 1. The van der Waals surface area contributed by atoms with E-state index in [-0.39, 0.29) is 11.9 Å². The third-order valence-corrected chi connectivity index (χ3v) is 6.05. The molecule has 2 unspecified atom stereocenters. The number of anilines is 1. The average Bonchev–Trinajstić information content (AvgIpc) is 2.63. The molecule has 2 aromatic rings. The number of rotatable bonds is 7. The van der Waals surface area contributed by atoms with Crippen molar-refractivity contribution in [1.29, 1.82) is 0 Å². The Morgan fingerprint density at radius 2 is 1.64 bits per heavy atom. The molecule has 0 aromatic heterocycles. The number of methoxy groups -OCH3 is 1. The molecule has 28 heavy (non-hydrogen) atoms. The molecule has 6 nitrogen and oxygen atoms in total. The first kappa shape index (κ1) is 21.8. The number of hydrogen-bond acceptors (Lipinski definition) is 4. The summed E-state index contributed by atoms with van der Waals surface area (Å²) >= 11 is 0. The van der Waals surface area contributed by atoms with Gasteiger partial charge in [0.15, 0.2) is 0 Å². The Balaban J connectivity index is 2.24. The van der Waals surface area contributed by atoms with Gasteiger partial charge in [-0.2, -0.15) is 0 Å². The van der Waals surface area contributed by atoms with Gasteiger partial charge in [0.25, 0.3) is 0 Å². The first-order valence-corrected chi connectivity index (χ1v) is 10.9. The van der Waals surface area contributed by atoms with Crippen molar-refractivity contribution in [3.63, 3.8) is 0 Å².